The first-order chi connectivity index (χ1) is 10.3. The van der Waals surface area contributed by atoms with E-state index < -0.39 is 10.0 Å². The van der Waals surface area contributed by atoms with Crippen LogP contribution in [0.3, 0.4) is 0 Å². The van der Waals surface area contributed by atoms with Crippen molar-refractivity contribution in [3.05, 3.63) is 56.5 Å². The zero-order valence-corrected chi connectivity index (χ0v) is 15.9. The summed E-state index contributed by atoms with van der Waals surface area (Å²) in [7, 11) is -2.23. The molecule has 0 spiro atoms. The van der Waals surface area contributed by atoms with Crippen molar-refractivity contribution >= 4 is 48.1 Å². The molecule has 4 nitrogen and oxygen atoms in total. The number of nitrogens with zero attached hydrogens (tertiary/aromatic N) is 1. The summed E-state index contributed by atoms with van der Waals surface area (Å²) >= 11 is 6.72. The Balaban J connectivity index is 2.41. The lowest BCUT2D eigenvalue weighted by Gasteiger charge is -2.07. The molecule has 0 aliphatic heterocycles. The summed E-state index contributed by atoms with van der Waals surface area (Å²) in [5.74, 6) is 0.519. The molecule has 22 heavy (non-hydrogen) atoms. The van der Waals surface area contributed by atoms with Crippen LogP contribution in [0.1, 0.15) is 11.1 Å². The average molecular weight is 447 g/mol. The molecule has 0 aliphatic rings. The fourth-order valence-corrected chi connectivity index (χ4v) is 4.06. The van der Waals surface area contributed by atoms with Crippen LogP contribution < -0.4 is 4.74 Å². The lowest BCUT2D eigenvalue weighted by Crippen LogP contribution is -1.99. The van der Waals surface area contributed by atoms with Gasteiger partial charge in [-0.25, -0.2) is 0 Å². The summed E-state index contributed by atoms with van der Waals surface area (Å²) in [6.45, 7) is 1.89. The van der Waals surface area contributed by atoms with Gasteiger partial charge >= 0.3 is 0 Å². The highest BCUT2D eigenvalue weighted by Gasteiger charge is 2.13. The van der Waals surface area contributed by atoms with Gasteiger partial charge in [0.1, 0.15) is 5.75 Å². The van der Waals surface area contributed by atoms with Crippen LogP contribution in [0.5, 0.6) is 5.75 Å². The van der Waals surface area contributed by atoms with E-state index in [0.29, 0.717) is 15.8 Å². The molecule has 116 valence electrons. The largest absolute Gasteiger partial charge is 0.495 e. The van der Waals surface area contributed by atoms with Gasteiger partial charge in [0.2, 0.25) is 0 Å². The Morgan fingerprint density at radius 1 is 1.14 bits per heavy atom. The summed E-state index contributed by atoms with van der Waals surface area (Å²) in [5.41, 5.74) is 1.54. The lowest BCUT2D eigenvalue weighted by atomic mass is 10.2. The molecule has 0 aliphatic carbocycles. The van der Waals surface area contributed by atoms with E-state index in [0.717, 1.165) is 10.0 Å². The predicted octanol–water partition coefficient (Wildman–Crippen LogP) is 4.34. The monoisotopic (exact) mass is 445 g/mol. The average Bonchev–Trinajstić information content (AvgIpc) is 2.45. The standard InChI is InChI=1S/C15H13Br2NO3S/c1-10-3-5-13(6-4-10)22(19,20)18-9-11-7-12(16)8-14(17)15(11)21-2/h3-9H,1-2H3/b18-9+. The smallest absolute Gasteiger partial charge is 0.282 e. The Labute approximate surface area is 146 Å². The molecule has 0 bridgehead atoms. The summed E-state index contributed by atoms with van der Waals surface area (Å²) in [4.78, 5) is 0.155. The van der Waals surface area contributed by atoms with Gasteiger partial charge in [-0.05, 0) is 47.1 Å². The van der Waals surface area contributed by atoms with Crippen molar-refractivity contribution < 1.29 is 13.2 Å². The minimum absolute atomic E-state index is 0.155. The molecule has 0 saturated carbocycles. The molecule has 0 atom stereocenters. The third kappa shape index (κ3) is 3.97. The number of rotatable bonds is 4. The lowest BCUT2D eigenvalue weighted by molar-refractivity contribution is 0.411. The van der Waals surface area contributed by atoms with Crippen LogP contribution in [0.25, 0.3) is 0 Å². The van der Waals surface area contributed by atoms with Crippen LogP contribution in [0, 0.1) is 6.92 Å². The zero-order chi connectivity index (χ0) is 16.3. The van der Waals surface area contributed by atoms with E-state index in [4.69, 9.17) is 4.74 Å². The van der Waals surface area contributed by atoms with Gasteiger partial charge < -0.3 is 4.74 Å². The third-order valence-corrected chi connectivity index (χ3v) is 5.19. The first-order valence-electron chi connectivity index (χ1n) is 6.23. The fourth-order valence-electron chi connectivity index (χ4n) is 1.79. The van der Waals surface area contributed by atoms with Gasteiger partial charge in [-0.15, -0.1) is 0 Å². The van der Waals surface area contributed by atoms with E-state index in [2.05, 4.69) is 36.3 Å². The van der Waals surface area contributed by atoms with Crippen LogP contribution >= 0.6 is 31.9 Å². The Morgan fingerprint density at radius 2 is 1.77 bits per heavy atom. The zero-order valence-electron chi connectivity index (χ0n) is 11.9. The van der Waals surface area contributed by atoms with Crippen LogP contribution in [0.2, 0.25) is 0 Å². The van der Waals surface area contributed by atoms with E-state index in [1.807, 2.05) is 13.0 Å². The summed E-state index contributed by atoms with van der Waals surface area (Å²) in [6.07, 6.45) is 1.28. The topological polar surface area (TPSA) is 55.7 Å². The Morgan fingerprint density at radius 3 is 2.36 bits per heavy atom. The van der Waals surface area contributed by atoms with Crippen LogP contribution in [0.15, 0.2) is 54.6 Å². The summed E-state index contributed by atoms with van der Waals surface area (Å²) in [5, 5.41) is 0. The third-order valence-electron chi connectivity index (χ3n) is 2.89. The molecule has 2 rings (SSSR count). The first-order valence-corrected chi connectivity index (χ1v) is 9.26. The predicted molar refractivity (Wildman–Crippen MR) is 94.4 cm³/mol. The maximum Gasteiger partial charge on any atom is 0.282 e. The Hall–Kier alpha value is -1.18. The highest BCUT2D eigenvalue weighted by molar-refractivity contribution is 9.11. The van der Waals surface area contributed by atoms with Crippen molar-refractivity contribution in [3.8, 4) is 5.75 Å². The minimum Gasteiger partial charge on any atom is -0.495 e. The van der Waals surface area contributed by atoms with Gasteiger partial charge in [0, 0.05) is 10.0 Å². The maximum atomic E-state index is 12.2. The normalized spacial score (nSPS) is 11.8. The van der Waals surface area contributed by atoms with Crippen molar-refractivity contribution in [2.45, 2.75) is 11.8 Å². The molecule has 0 fully saturated rings. The van der Waals surface area contributed by atoms with E-state index in [9.17, 15) is 8.42 Å². The molecular weight excluding hydrogens is 434 g/mol. The molecule has 0 heterocycles. The number of hydrogen-bond acceptors (Lipinski definition) is 3. The molecule has 0 amide bonds. The molecule has 0 aromatic heterocycles. The van der Waals surface area contributed by atoms with E-state index in [-0.39, 0.29) is 4.90 Å². The van der Waals surface area contributed by atoms with Crippen molar-refractivity contribution in [2.24, 2.45) is 4.40 Å². The maximum absolute atomic E-state index is 12.2. The number of hydrogen-bond donors (Lipinski definition) is 0. The van der Waals surface area contributed by atoms with Crippen LogP contribution in [-0.4, -0.2) is 21.7 Å². The van der Waals surface area contributed by atoms with Gasteiger partial charge in [0.15, 0.2) is 0 Å². The second kappa shape index (κ2) is 6.93. The van der Waals surface area contributed by atoms with Crippen molar-refractivity contribution in [2.75, 3.05) is 7.11 Å². The van der Waals surface area contributed by atoms with Crippen LogP contribution in [0.4, 0.5) is 0 Å². The summed E-state index contributed by atoms with van der Waals surface area (Å²) in [6, 6.07) is 10.1. The second-order valence-electron chi connectivity index (χ2n) is 4.53. The first kappa shape index (κ1) is 17.2. The minimum atomic E-state index is -3.74. The molecule has 2 aromatic carbocycles. The molecule has 0 N–H and O–H groups in total. The molecular formula is C15H13Br2NO3S. The van der Waals surface area contributed by atoms with Crippen molar-refractivity contribution in [1.82, 2.24) is 0 Å². The van der Waals surface area contributed by atoms with Gasteiger partial charge in [-0.3, -0.25) is 0 Å². The highest BCUT2D eigenvalue weighted by atomic mass is 79.9. The van der Waals surface area contributed by atoms with E-state index in [1.54, 1.807) is 18.2 Å². The fraction of sp³-hybridized carbons (Fsp3) is 0.133. The van der Waals surface area contributed by atoms with Gasteiger partial charge in [0.05, 0.1) is 22.7 Å². The molecule has 0 unspecified atom stereocenters. The number of aryl methyl sites for hydroxylation is 1. The molecule has 7 heteroatoms. The molecule has 0 saturated heterocycles. The van der Waals surface area contributed by atoms with Gasteiger partial charge in [-0.1, -0.05) is 33.6 Å². The second-order valence-corrected chi connectivity index (χ2v) is 7.94. The summed E-state index contributed by atoms with van der Waals surface area (Å²) < 4.78 is 34.9. The Bertz CT molecular complexity index is 815. The number of benzene rings is 2. The number of ether oxygens (including phenoxy) is 1. The van der Waals surface area contributed by atoms with Gasteiger partial charge in [-0.2, -0.15) is 12.8 Å². The quantitative estimate of drug-likeness (QED) is 0.656. The number of methoxy groups -OCH3 is 1. The van der Waals surface area contributed by atoms with Gasteiger partial charge in [0.25, 0.3) is 10.0 Å². The number of halogens is 2. The van der Waals surface area contributed by atoms with Crippen molar-refractivity contribution in [1.29, 1.82) is 0 Å². The molecule has 0 radical (unpaired) electrons. The SMILES string of the molecule is COc1c(Br)cc(Br)cc1/C=N/S(=O)(=O)c1ccc(C)cc1. The van der Waals surface area contributed by atoms with Crippen molar-refractivity contribution in [3.63, 3.8) is 0 Å². The number of sulfonamides is 1. The van der Waals surface area contributed by atoms with E-state index >= 15 is 0 Å². The van der Waals surface area contributed by atoms with E-state index in [1.165, 1.54) is 25.5 Å². The Kier molecular flexibility index (Phi) is 5.41. The molecule has 2 aromatic rings. The highest BCUT2D eigenvalue weighted by Crippen LogP contribution is 2.31. The van der Waals surface area contributed by atoms with Crippen LogP contribution in [-0.2, 0) is 10.0 Å².